The van der Waals surface area contributed by atoms with Gasteiger partial charge in [-0.2, -0.15) is 0 Å². The number of methoxy groups -OCH3 is 1. The van der Waals surface area contributed by atoms with Crippen molar-refractivity contribution >= 4 is 17.3 Å². The number of carbonyl (C=O) groups is 1. The van der Waals surface area contributed by atoms with Crippen molar-refractivity contribution in [3.63, 3.8) is 0 Å². The van der Waals surface area contributed by atoms with Crippen molar-refractivity contribution in [2.24, 2.45) is 0 Å². The van der Waals surface area contributed by atoms with Crippen LogP contribution in [0.15, 0.2) is 18.2 Å². The molecule has 20 heavy (non-hydrogen) atoms. The number of anilines is 1. The lowest BCUT2D eigenvalue weighted by Crippen LogP contribution is -2.47. The van der Waals surface area contributed by atoms with E-state index in [9.17, 15) is 14.9 Å². The number of carbonyl (C=O) groups excluding carboxylic acids is 1. The van der Waals surface area contributed by atoms with Crippen LogP contribution in [0.2, 0.25) is 0 Å². The topological polar surface area (TPSA) is 93.5 Å². The summed E-state index contributed by atoms with van der Waals surface area (Å²) < 4.78 is 5.13. The Morgan fingerprint density at radius 3 is 2.70 bits per heavy atom. The van der Waals surface area contributed by atoms with Gasteiger partial charge in [0.25, 0.3) is 5.91 Å². The van der Waals surface area contributed by atoms with Gasteiger partial charge in [0.2, 0.25) is 0 Å². The highest BCUT2D eigenvalue weighted by Gasteiger charge is 2.32. The maximum absolute atomic E-state index is 12.2. The van der Waals surface area contributed by atoms with E-state index >= 15 is 0 Å². The lowest BCUT2D eigenvalue weighted by Gasteiger charge is -2.34. The van der Waals surface area contributed by atoms with E-state index in [4.69, 9.17) is 4.74 Å². The van der Waals surface area contributed by atoms with Gasteiger partial charge in [0.1, 0.15) is 11.3 Å². The Morgan fingerprint density at radius 2 is 2.15 bits per heavy atom. The molecule has 108 valence electrons. The first-order chi connectivity index (χ1) is 9.56. The third kappa shape index (κ3) is 2.72. The normalized spacial score (nSPS) is 20.9. The highest BCUT2D eigenvalue weighted by molar-refractivity contribution is 6.00. The zero-order chi connectivity index (χ0) is 14.7. The fourth-order valence-electron chi connectivity index (χ4n) is 2.26. The van der Waals surface area contributed by atoms with Gasteiger partial charge in [0, 0.05) is 20.2 Å². The number of amides is 1. The first-order valence-electron chi connectivity index (χ1n) is 6.35. The molecule has 0 bridgehead atoms. The number of nitro groups is 1. The molecule has 0 unspecified atom stereocenters. The van der Waals surface area contributed by atoms with Gasteiger partial charge in [0.15, 0.2) is 0 Å². The molecule has 2 N–H and O–H groups in total. The summed E-state index contributed by atoms with van der Waals surface area (Å²) in [5, 5.41) is 16.7. The SMILES string of the molecule is CNc1cccc(C(=O)NC2CC(OC)C2)c1[N+](=O)[O-]. The Balaban J connectivity index is 2.15. The number of hydrogen-bond donors (Lipinski definition) is 2. The van der Waals surface area contributed by atoms with Gasteiger partial charge in [-0.15, -0.1) is 0 Å². The number of ether oxygens (including phenoxy) is 1. The second-order valence-electron chi connectivity index (χ2n) is 4.71. The molecular formula is C13H17N3O4. The quantitative estimate of drug-likeness (QED) is 0.630. The number of para-hydroxylation sites is 1. The molecule has 2 rings (SSSR count). The molecule has 7 heteroatoms. The average molecular weight is 279 g/mol. The molecule has 1 aliphatic carbocycles. The molecule has 7 nitrogen and oxygen atoms in total. The van der Waals surface area contributed by atoms with Crippen LogP contribution < -0.4 is 10.6 Å². The van der Waals surface area contributed by atoms with Gasteiger partial charge < -0.3 is 15.4 Å². The van der Waals surface area contributed by atoms with Crippen molar-refractivity contribution in [2.45, 2.75) is 25.0 Å². The van der Waals surface area contributed by atoms with Crippen LogP contribution in [0, 0.1) is 10.1 Å². The Morgan fingerprint density at radius 1 is 1.45 bits per heavy atom. The molecule has 0 aliphatic heterocycles. The zero-order valence-corrected chi connectivity index (χ0v) is 11.4. The van der Waals surface area contributed by atoms with Crippen molar-refractivity contribution in [1.82, 2.24) is 5.32 Å². The fraction of sp³-hybridized carbons (Fsp3) is 0.462. The van der Waals surface area contributed by atoms with Crippen LogP contribution >= 0.6 is 0 Å². The second kappa shape index (κ2) is 5.87. The minimum atomic E-state index is -0.542. The van der Waals surface area contributed by atoms with Crippen LogP contribution in [-0.2, 0) is 4.74 Å². The third-order valence-electron chi connectivity index (χ3n) is 3.50. The number of nitrogens with one attached hydrogen (secondary N) is 2. The number of hydrogen-bond acceptors (Lipinski definition) is 5. The summed E-state index contributed by atoms with van der Waals surface area (Å²) in [6.45, 7) is 0. The van der Waals surface area contributed by atoms with Crippen molar-refractivity contribution < 1.29 is 14.5 Å². The van der Waals surface area contributed by atoms with E-state index < -0.39 is 10.8 Å². The van der Waals surface area contributed by atoms with E-state index in [1.54, 1.807) is 26.3 Å². The number of benzene rings is 1. The predicted octanol–water partition coefficient (Wildman–Crippen LogP) is 1.54. The monoisotopic (exact) mass is 279 g/mol. The lowest BCUT2D eigenvalue weighted by atomic mass is 9.89. The molecule has 1 fully saturated rings. The second-order valence-corrected chi connectivity index (χ2v) is 4.71. The Kier molecular flexibility index (Phi) is 4.19. The van der Waals surface area contributed by atoms with Gasteiger partial charge in [-0.25, -0.2) is 0 Å². The summed E-state index contributed by atoms with van der Waals surface area (Å²) in [7, 11) is 3.21. The molecule has 1 saturated carbocycles. The van der Waals surface area contributed by atoms with E-state index in [1.807, 2.05) is 0 Å². The average Bonchev–Trinajstić information content (AvgIpc) is 2.40. The summed E-state index contributed by atoms with van der Waals surface area (Å²) >= 11 is 0. The summed E-state index contributed by atoms with van der Waals surface area (Å²) in [6.07, 6.45) is 1.64. The Labute approximate surface area is 116 Å². The summed E-state index contributed by atoms with van der Waals surface area (Å²) in [4.78, 5) is 22.7. The molecule has 0 radical (unpaired) electrons. The van der Waals surface area contributed by atoms with Crippen LogP contribution in [0.4, 0.5) is 11.4 Å². The van der Waals surface area contributed by atoms with Crippen molar-refractivity contribution in [3.8, 4) is 0 Å². The van der Waals surface area contributed by atoms with Gasteiger partial charge in [-0.05, 0) is 25.0 Å². The summed E-state index contributed by atoms with van der Waals surface area (Å²) in [5.74, 6) is -0.423. The smallest absolute Gasteiger partial charge is 0.305 e. The number of rotatable bonds is 5. The van der Waals surface area contributed by atoms with Crippen LogP contribution in [-0.4, -0.2) is 37.1 Å². The Hall–Kier alpha value is -2.15. The maximum atomic E-state index is 12.2. The minimum absolute atomic E-state index is 0.0188. The highest BCUT2D eigenvalue weighted by Crippen LogP contribution is 2.29. The highest BCUT2D eigenvalue weighted by atomic mass is 16.6. The molecule has 1 amide bonds. The molecule has 0 saturated heterocycles. The summed E-state index contributed by atoms with van der Waals surface area (Å²) in [6, 6.07) is 4.66. The van der Waals surface area contributed by atoms with Crippen LogP contribution in [0.3, 0.4) is 0 Å². The molecule has 1 aliphatic rings. The summed E-state index contributed by atoms with van der Waals surface area (Å²) in [5.41, 5.74) is 0.198. The van der Waals surface area contributed by atoms with Gasteiger partial charge in [-0.3, -0.25) is 14.9 Å². The van der Waals surface area contributed by atoms with E-state index in [-0.39, 0.29) is 23.4 Å². The molecular weight excluding hydrogens is 262 g/mol. The third-order valence-corrected chi connectivity index (χ3v) is 3.50. The van der Waals surface area contributed by atoms with E-state index in [1.165, 1.54) is 6.07 Å². The largest absolute Gasteiger partial charge is 0.383 e. The van der Waals surface area contributed by atoms with Gasteiger partial charge >= 0.3 is 5.69 Å². The van der Waals surface area contributed by atoms with Crippen LogP contribution in [0.25, 0.3) is 0 Å². The van der Waals surface area contributed by atoms with Crippen molar-refractivity contribution in [1.29, 1.82) is 0 Å². The van der Waals surface area contributed by atoms with E-state index in [2.05, 4.69) is 10.6 Å². The Bertz CT molecular complexity index is 526. The first-order valence-corrected chi connectivity index (χ1v) is 6.35. The molecule has 1 aromatic rings. The first kappa shape index (κ1) is 14.3. The maximum Gasteiger partial charge on any atom is 0.305 e. The fourth-order valence-corrected chi connectivity index (χ4v) is 2.26. The zero-order valence-electron chi connectivity index (χ0n) is 11.4. The molecule has 0 spiro atoms. The van der Waals surface area contributed by atoms with Crippen molar-refractivity contribution in [2.75, 3.05) is 19.5 Å². The van der Waals surface area contributed by atoms with E-state index in [0.717, 1.165) is 12.8 Å². The lowest BCUT2D eigenvalue weighted by molar-refractivity contribution is -0.384. The number of nitrogens with zero attached hydrogens (tertiary/aromatic N) is 1. The minimum Gasteiger partial charge on any atom is -0.383 e. The van der Waals surface area contributed by atoms with Gasteiger partial charge in [0.05, 0.1) is 11.0 Å². The molecule has 1 aromatic carbocycles. The van der Waals surface area contributed by atoms with Crippen LogP contribution in [0.1, 0.15) is 23.2 Å². The molecule has 0 aromatic heterocycles. The number of nitro benzene ring substituents is 1. The van der Waals surface area contributed by atoms with E-state index in [0.29, 0.717) is 5.69 Å². The van der Waals surface area contributed by atoms with Crippen molar-refractivity contribution in [3.05, 3.63) is 33.9 Å². The molecule has 0 atom stereocenters. The predicted molar refractivity (Wildman–Crippen MR) is 73.9 cm³/mol. The van der Waals surface area contributed by atoms with Crippen LogP contribution in [0.5, 0.6) is 0 Å². The molecule has 0 heterocycles. The van der Waals surface area contributed by atoms with Gasteiger partial charge in [-0.1, -0.05) is 6.07 Å². The standard InChI is InChI=1S/C13H17N3O4/c1-14-11-5-3-4-10(12(11)16(18)19)13(17)15-8-6-9(7-8)20-2/h3-5,8-9,14H,6-7H2,1-2H3,(H,15,17).